The van der Waals surface area contributed by atoms with Crippen molar-refractivity contribution in [3.63, 3.8) is 0 Å². The van der Waals surface area contributed by atoms with E-state index in [4.69, 9.17) is 10.4 Å². The smallest absolute Gasteiger partial charge is 0.266 e. The largest absolute Gasteiger partial charge is 0.390 e. The molecule has 0 aliphatic rings. The molecule has 3 nitrogen and oxygen atoms in total. The van der Waals surface area contributed by atoms with Crippen molar-refractivity contribution in [1.29, 1.82) is 5.26 Å². The fourth-order valence-electron chi connectivity index (χ4n) is 1.12. The Morgan fingerprint density at radius 2 is 2.27 bits per heavy atom. The first-order valence-electron chi connectivity index (χ1n) is 4.01. The fourth-order valence-corrected chi connectivity index (χ4v) is 1.60. The number of rotatable bonds is 3. The number of nitriles is 1. The van der Waals surface area contributed by atoms with Gasteiger partial charge in [-0.15, -0.1) is 0 Å². The predicted octanol–water partition coefficient (Wildman–Crippen LogP) is 2.28. The van der Waals surface area contributed by atoms with Crippen LogP contribution in [-0.2, 0) is 11.9 Å². The zero-order valence-corrected chi connectivity index (χ0v) is 9.13. The average Bonchev–Trinajstić information content (AvgIpc) is 2.26. The van der Waals surface area contributed by atoms with Gasteiger partial charge in [0.15, 0.2) is 0 Å². The van der Waals surface area contributed by atoms with Gasteiger partial charge >= 0.3 is 0 Å². The molecule has 0 radical (unpaired) electrons. The molecule has 1 aromatic heterocycles. The summed E-state index contributed by atoms with van der Waals surface area (Å²) < 4.78 is 25.0. The maximum absolute atomic E-state index is 12.5. The molecule has 15 heavy (non-hydrogen) atoms. The summed E-state index contributed by atoms with van der Waals surface area (Å²) >= 11 is 3.10. The summed E-state index contributed by atoms with van der Waals surface area (Å²) in [5.41, 5.74) is -0.0254. The normalized spacial score (nSPS) is 10.4. The summed E-state index contributed by atoms with van der Waals surface area (Å²) in [4.78, 5) is 3.68. The number of halogens is 3. The van der Waals surface area contributed by atoms with Gasteiger partial charge in [0, 0.05) is 5.33 Å². The summed E-state index contributed by atoms with van der Waals surface area (Å²) in [5, 5.41) is 17.8. The molecule has 80 valence electrons. The SMILES string of the molecule is N#Cc1nc(CO)c(CBr)cc1C(F)F. The minimum Gasteiger partial charge on any atom is -0.390 e. The van der Waals surface area contributed by atoms with E-state index in [0.29, 0.717) is 10.9 Å². The highest BCUT2D eigenvalue weighted by Gasteiger charge is 2.17. The molecule has 0 spiro atoms. The number of nitrogens with zero attached hydrogens (tertiary/aromatic N) is 2. The van der Waals surface area contributed by atoms with Gasteiger partial charge in [-0.1, -0.05) is 15.9 Å². The molecule has 0 atom stereocenters. The quantitative estimate of drug-likeness (QED) is 0.862. The first-order valence-corrected chi connectivity index (χ1v) is 5.14. The van der Waals surface area contributed by atoms with Crippen LogP contribution in [0.3, 0.4) is 0 Å². The lowest BCUT2D eigenvalue weighted by Gasteiger charge is -2.08. The van der Waals surface area contributed by atoms with Gasteiger partial charge < -0.3 is 5.11 Å². The Hall–Kier alpha value is -1.06. The predicted molar refractivity (Wildman–Crippen MR) is 52.5 cm³/mol. The van der Waals surface area contributed by atoms with Crippen molar-refractivity contribution in [2.24, 2.45) is 0 Å². The lowest BCUT2D eigenvalue weighted by Crippen LogP contribution is -2.03. The molecule has 1 rings (SSSR count). The van der Waals surface area contributed by atoms with Gasteiger partial charge in [-0.25, -0.2) is 13.8 Å². The third kappa shape index (κ3) is 2.49. The van der Waals surface area contributed by atoms with Gasteiger partial charge in [0.2, 0.25) is 0 Å². The van der Waals surface area contributed by atoms with Crippen LogP contribution in [0.4, 0.5) is 8.78 Å². The third-order valence-electron chi connectivity index (χ3n) is 1.86. The Morgan fingerprint density at radius 3 is 2.67 bits per heavy atom. The Bertz CT molecular complexity index is 404. The highest BCUT2D eigenvalue weighted by Crippen LogP contribution is 2.25. The van der Waals surface area contributed by atoms with Crippen molar-refractivity contribution in [3.8, 4) is 6.07 Å². The molecule has 0 aromatic carbocycles. The molecule has 0 amide bonds. The number of aliphatic hydroxyl groups is 1. The van der Waals surface area contributed by atoms with Crippen LogP contribution in [0, 0.1) is 11.3 Å². The number of pyridine rings is 1. The molecule has 0 aliphatic heterocycles. The van der Waals surface area contributed by atoms with Crippen molar-refractivity contribution < 1.29 is 13.9 Å². The summed E-state index contributed by atoms with van der Waals surface area (Å²) in [6, 6.07) is 2.78. The van der Waals surface area contributed by atoms with E-state index in [1.54, 1.807) is 6.07 Å². The van der Waals surface area contributed by atoms with Gasteiger partial charge in [0.05, 0.1) is 17.9 Å². The van der Waals surface area contributed by atoms with Gasteiger partial charge in [-0.3, -0.25) is 0 Å². The second-order valence-electron chi connectivity index (χ2n) is 2.74. The van der Waals surface area contributed by atoms with Crippen LogP contribution in [0.5, 0.6) is 0 Å². The van der Waals surface area contributed by atoms with Crippen molar-refractivity contribution in [2.45, 2.75) is 18.4 Å². The molecule has 0 aliphatic carbocycles. The molecule has 1 aromatic rings. The lowest BCUT2D eigenvalue weighted by molar-refractivity contribution is 0.150. The van der Waals surface area contributed by atoms with E-state index < -0.39 is 12.0 Å². The van der Waals surface area contributed by atoms with Crippen LogP contribution in [0.15, 0.2) is 6.07 Å². The number of hydrogen-bond donors (Lipinski definition) is 1. The van der Waals surface area contributed by atoms with Crippen LogP contribution in [0.25, 0.3) is 0 Å². The van der Waals surface area contributed by atoms with E-state index in [0.717, 1.165) is 0 Å². The molecule has 6 heteroatoms. The number of hydrogen-bond acceptors (Lipinski definition) is 3. The van der Waals surface area contributed by atoms with E-state index in [1.165, 1.54) is 6.07 Å². The zero-order chi connectivity index (χ0) is 11.4. The molecule has 1 heterocycles. The molecule has 1 N–H and O–H groups in total. The zero-order valence-electron chi connectivity index (χ0n) is 7.54. The van der Waals surface area contributed by atoms with E-state index in [1.807, 2.05) is 0 Å². The Morgan fingerprint density at radius 1 is 1.60 bits per heavy atom. The van der Waals surface area contributed by atoms with Gasteiger partial charge in [-0.05, 0) is 11.6 Å². The maximum Gasteiger partial charge on any atom is 0.266 e. The molecular formula is C9H7BrF2N2O. The van der Waals surface area contributed by atoms with E-state index >= 15 is 0 Å². The molecular weight excluding hydrogens is 270 g/mol. The summed E-state index contributed by atoms with van der Waals surface area (Å²) in [6.45, 7) is -0.376. The summed E-state index contributed by atoms with van der Waals surface area (Å²) in [7, 11) is 0. The van der Waals surface area contributed by atoms with Gasteiger partial charge in [-0.2, -0.15) is 5.26 Å². The number of aromatic nitrogens is 1. The first-order chi connectivity index (χ1) is 7.13. The highest BCUT2D eigenvalue weighted by atomic mass is 79.9. The monoisotopic (exact) mass is 276 g/mol. The second kappa shape index (κ2) is 5.14. The van der Waals surface area contributed by atoms with Crippen LogP contribution in [-0.4, -0.2) is 10.1 Å². The number of alkyl halides is 3. The topological polar surface area (TPSA) is 56.9 Å². The first kappa shape index (κ1) is 12.0. The van der Waals surface area contributed by atoms with Crippen molar-refractivity contribution in [2.75, 3.05) is 0 Å². The minimum absolute atomic E-state index is 0.243. The average molecular weight is 277 g/mol. The van der Waals surface area contributed by atoms with E-state index in [2.05, 4.69) is 20.9 Å². The van der Waals surface area contributed by atoms with Crippen LogP contribution < -0.4 is 0 Å². The van der Waals surface area contributed by atoms with Gasteiger partial charge in [0.25, 0.3) is 6.43 Å². The van der Waals surface area contributed by atoms with E-state index in [9.17, 15) is 8.78 Å². The third-order valence-corrected chi connectivity index (χ3v) is 2.46. The fraction of sp³-hybridized carbons (Fsp3) is 0.333. The molecule has 0 fully saturated rings. The Labute approximate surface area is 93.5 Å². The molecule has 0 unspecified atom stereocenters. The molecule has 0 saturated carbocycles. The van der Waals surface area contributed by atoms with Crippen LogP contribution in [0.1, 0.15) is 28.9 Å². The van der Waals surface area contributed by atoms with Crippen molar-refractivity contribution in [3.05, 3.63) is 28.6 Å². The Kier molecular flexibility index (Phi) is 4.12. The lowest BCUT2D eigenvalue weighted by atomic mass is 10.1. The maximum atomic E-state index is 12.5. The molecule has 0 bridgehead atoms. The minimum atomic E-state index is -2.74. The molecule has 0 saturated heterocycles. The number of aliphatic hydroxyl groups excluding tert-OH is 1. The van der Waals surface area contributed by atoms with Crippen molar-refractivity contribution in [1.82, 2.24) is 4.98 Å². The van der Waals surface area contributed by atoms with E-state index in [-0.39, 0.29) is 18.0 Å². The van der Waals surface area contributed by atoms with Gasteiger partial charge in [0.1, 0.15) is 11.8 Å². The van der Waals surface area contributed by atoms with Crippen LogP contribution >= 0.6 is 15.9 Å². The van der Waals surface area contributed by atoms with Crippen LogP contribution in [0.2, 0.25) is 0 Å². The summed E-state index contributed by atoms with van der Waals surface area (Å²) in [6.07, 6.45) is -2.74. The highest BCUT2D eigenvalue weighted by molar-refractivity contribution is 9.08. The van der Waals surface area contributed by atoms with Crippen molar-refractivity contribution >= 4 is 15.9 Å². The summed E-state index contributed by atoms with van der Waals surface area (Å²) in [5.74, 6) is 0. The standard InChI is InChI=1S/C9H7BrF2N2O/c10-2-5-1-6(9(11)12)7(3-13)14-8(5)4-15/h1,9,15H,2,4H2. The second-order valence-corrected chi connectivity index (χ2v) is 3.30. The Balaban J connectivity index is 3.36.